The van der Waals surface area contributed by atoms with Gasteiger partial charge in [0, 0.05) is 22.6 Å². The number of fused-ring (bicyclic) bond motifs is 1. The second-order valence-electron chi connectivity index (χ2n) is 6.54. The molecule has 8 heteroatoms. The van der Waals surface area contributed by atoms with E-state index in [9.17, 15) is 14.0 Å². The van der Waals surface area contributed by atoms with Gasteiger partial charge < -0.3 is 16.4 Å². The number of anilines is 2. The maximum absolute atomic E-state index is 13.2. The molecule has 7 nitrogen and oxygen atoms in total. The van der Waals surface area contributed by atoms with Gasteiger partial charge in [-0.2, -0.15) is 5.10 Å². The van der Waals surface area contributed by atoms with E-state index in [1.807, 2.05) is 0 Å². The third-order valence-electron chi connectivity index (χ3n) is 4.60. The Balaban J connectivity index is 1.63. The largest absolute Gasteiger partial charge is 0.351 e. The Morgan fingerprint density at radius 1 is 1.04 bits per heavy atom. The number of halogens is 1. The van der Waals surface area contributed by atoms with Crippen molar-refractivity contribution < 1.29 is 14.0 Å². The predicted octanol–water partition coefficient (Wildman–Crippen LogP) is 3.24. The third kappa shape index (κ3) is 3.44. The van der Waals surface area contributed by atoms with E-state index in [1.54, 1.807) is 41.1 Å². The van der Waals surface area contributed by atoms with E-state index in [2.05, 4.69) is 15.7 Å². The molecule has 1 aliphatic rings. The van der Waals surface area contributed by atoms with Crippen molar-refractivity contribution in [2.45, 2.75) is 19.3 Å². The summed E-state index contributed by atoms with van der Waals surface area (Å²) in [7, 11) is 0. The van der Waals surface area contributed by atoms with Gasteiger partial charge >= 0.3 is 6.03 Å². The number of rotatable bonds is 4. The SMILES string of the molecule is NC(=O)Nc1cccc(NC(=O)c2nn(-c3ccc(F)cc3)c3c2CCC3)c1. The van der Waals surface area contributed by atoms with E-state index < -0.39 is 6.03 Å². The lowest BCUT2D eigenvalue weighted by molar-refractivity contribution is 0.102. The van der Waals surface area contributed by atoms with Crippen molar-refractivity contribution in [2.75, 3.05) is 10.6 Å². The number of hydrogen-bond acceptors (Lipinski definition) is 3. The van der Waals surface area contributed by atoms with Gasteiger partial charge in [-0.1, -0.05) is 6.07 Å². The van der Waals surface area contributed by atoms with Crippen LogP contribution in [0.3, 0.4) is 0 Å². The van der Waals surface area contributed by atoms with Gasteiger partial charge in [-0.15, -0.1) is 0 Å². The van der Waals surface area contributed by atoms with E-state index in [0.29, 0.717) is 22.8 Å². The molecule has 0 aliphatic heterocycles. The van der Waals surface area contributed by atoms with Crippen molar-refractivity contribution in [1.82, 2.24) is 9.78 Å². The molecule has 0 radical (unpaired) electrons. The molecule has 1 heterocycles. The van der Waals surface area contributed by atoms with Crippen LogP contribution in [0.5, 0.6) is 0 Å². The summed E-state index contributed by atoms with van der Waals surface area (Å²) in [5.41, 5.74) is 9.06. The quantitative estimate of drug-likeness (QED) is 0.648. The molecule has 4 rings (SSSR count). The minimum Gasteiger partial charge on any atom is -0.351 e. The molecule has 0 saturated heterocycles. The van der Waals surface area contributed by atoms with Crippen LogP contribution < -0.4 is 16.4 Å². The Kier molecular flexibility index (Phi) is 4.52. The van der Waals surface area contributed by atoms with Crippen LogP contribution in [0, 0.1) is 5.82 Å². The highest BCUT2D eigenvalue weighted by Gasteiger charge is 2.27. The molecule has 0 bridgehead atoms. The lowest BCUT2D eigenvalue weighted by Crippen LogP contribution is -2.19. The number of nitrogens with one attached hydrogen (secondary N) is 2. The third-order valence-corrected chi connectivity index (χ3v) is 4.60. The molecule has 2 aromatic carbocycles. The number of carbonyl (C=O) groups excluding carboxylic acids is 2. The number of nitrogens with zero attached hydrogens (tertiary/aromatic N) is 2. The average Bonchev–Trinajstić information content (AvgIpc) is 3.25. The summed E-state index contributed by atoms with van der Waals surface area (Å²) < 4.78 is 14.9. The van der Waals surface area contributed by atoms with Crippen LogP contribution in [-0.4, -0.2) is 21.7 Å². The molecule has 28 heavy (non-hydrogen) atoms. The van der Waals surface area contributed by atoms with Crippen LogP contribution in [0.25, 0.3) is 5.69 Å². The molecular formula is C20H18FN5O2. The molecule has 3 amide bonds. The van der Waals surface area contributed by atoms with Crippen LogP contribution >= 0.6 is 0 Å². The minimum atomic E-state index is -0.681. The van der Waals surface area contributed by atoms with Crippen molar-refractivity contribution in [1.29, 1.82) is 0 Å². The number of primary amides is 1. The number of amides is 3. The van der Waals surface area contributed by atoms with Crippen LogP contribution in [0.1, 0.15) is 28.2 Å². The fraction of sp³-hybridized carbons (Fsp3) is 0.150. The summed E-state index contributed by atoms with van der Waals surface area (Å²) in [6.45, 7) is 0. The second-order valence-corrected chi connectivity index (χ2v) is 6.54. The van der Waals surface area contributed by atoms with Gasteiger partial charge in [-0.3, -0.25) is 4.79 Å². The van der Waals surface area contributed by atoms with Gasteiger partial charge in [-0.25, -0.2) is 13.9 Å². The molecule has 0 spiro atoms. The highest BCUT2D eigenvalue weighted by molar-refractivity contribution is 6.04. The van der Waals surface area contributed by atoms with Crippen LogP contribution in [-0.2, 0) is 12.8 Å². The van der Waals surface area contributed by atoms with Gasteiger partial charge in [0.2, 0.25) is 0 Å². The molecule has 142 valence electrons. The van der Waals surface area contributed by atoms with Gasteiger partial charge in [0.25, 0.3) is 5.91 Å². The first kappa shape index (κ1) is 17.7. The molecule has 0 fully saturated rings. The van der Waals surface area contributed by atoms with E-state index in [1.165, 1.54) is 12.1 Å². The van der Waals surface area contributed by atoms with Crippen molar-refractivity contribution >= 4 is 23.3 Å². The van der Waals surface area contributed by atoms with Crippen LogP contribution in [0.4, 0.5) is 20.6 Å². The Morgan fingerprint density at radius 2 is 1.75 bits per heavy atom. The van der Waals surface area contributed by atoms with Crippen molar-refractivity contribution in [3.8, 4) is 5.69 Å². The summed E-state index contributed by atoms with van der Waals surface area (Å²) in [5, 5.41) is 9.77. The van der Waals surface area contributed by atoms with Gasteiger partial charge in [0.05, 0.1) is 5.69 Å². The zero-order chi connectivity index (χ0) is 19.7. The number of aromatic nitrogens is 2. The second kappa shape index (κ2) is 7.15. The Bertz CT molecular complexity index is 1060. The Hall–Kier alpha value is -3.68. The zero-order valence-corrected chi connectivity index (χ0v) is 14.9. The lowest BCUT2D eigenvalue weighted by atomic mass is 10.2. The monoisotopic (exact) mass is 379 g/mol. The number of carbonyl (C=O) groups is 2. The fourth-order valence-electron chi connectivity index (χ4n) is 3.42. The average molecular weight is 379 g/mol. The molecule has 0 saturated carbocycles. The fourth-order valence-corrected chi connectivity index (χ4v) is 3.42. The summed E-state index contributed by atoms with van der Waals surface area (Å²) >= 11 is 0. The van der Waals surface area contributed by atoms with Gasteiger partial charge in [0.15, 0.2) is 5.69 Å². The predicted molar refractivity (Wildman–Crippen MR) is 103 cm³/mol. The first-order valence-electron chi connectivity index (χ1n) is 8.86. The van der Waals surface area contributed by atoms with Crippen LogP contribution in [0.15, 0.2) is 48.5 Å². The highest BCUT2D eigenvalue weighted by atomic mass is 19.1. The number of hydrogen-bond donors (Lipinski definition) is 3. The lowest BCUT2D eigenvalue weighted by Gasteiger charge is -2.07. The smallest absolute Gasteiger partial charge is 0.316 e. The molecule has 1 aliphatic carbocycles. The minimum absolute atomic E-state index is 0.324. The normalized spacial score (nSPS) is 12.5. The first-order chi connectivity index (χ1) is 13.5. The first-order valence-corrected chi connectivity index (χ1v) is 8.86. The summed E-state index contributed by atoms with van der Waals surface area (Å²) in [6, 6.07) is 12.0. The zero-order valence-electron chi connectivity index (χ0n) is 14.9. The van der Waals surface area contributed by atoms with E-state index >= 15 is 0 Å². The highest BCUT2D eigenvalue weighted by Crippen LogP contribution is 2.28. The summed E-state index contributed by atoms with van der Waals surface area (Å²) in [6.07, 6.45) is 2.51. The van der Waals surface area contributed by atoms with E-state index in [4.69, 9.17) is 5.73 Å². The molecule has 1 aromatic heterocycles. The molecule has 3 aromatic rings. The van der Waals surface area contributed by atoms with E-state index in [-0.39, 0.29) is 11.7 Å². The van der Waals surface area contributed by atoms with E-state index in [0.717, 1.165) is 30.5 Å². The standard InChI is InChI=1S/C20H18FN5O2/c21-12-7-9-15(10-8-12)26-17-6-2-5-16(17)18(25-26)19(27)23-13-3-1-4-14(11-13)24-20(22)28/h1,3-4,7-11H,2,5-6H2,(H,23,27)(H3,22,24,28). The number of benzene rings is 2. The van der Waals surface area contributed by atoms with Crippen molar-refractivity contribution in [3.05, 3.63) is 71.3 Å². The maximum atomic E-state index is 13.2. The van der Waals surface area contributed by atoms with Crippen molar-refractivity contribution in [2.24, 2.45) is 5.73 Å². The molecular weight excluding hydrogens is 361 g/mol. The van der Waals surface area contributed by atoms with Crippen molar-refractivity contribution in [3.63, 3.8) is 0 Å². The number of nitrogens with two attached hydrogens (primary N) is 1. The summed E-state index contributed by atoms with van der Waals surface area (Å²) in [5.74, 6) is -0.662. The Labute approximate surface area is 160 Å². The van der Waals surface area contributed by atoms with Gasteiger partial charge in [0.1, 0.15) is 5.82 Å². The number of urea groups is 1. The topological polar surface area (TPSA) is 102 Å². The Morgan fingerprint density at radius 3 is 2.46 bits per heavy atom. The summed E-state index contributed by atoms with van der Waals surface area (Å²) in [4.78, 5) is 23.8. The molecule has 0 unspecified atom stereocenters. The van der Waals surface area contributed by atoms with Crippen LogP contribution in [0.2, 0.25) is 0 Å². The maximum Gasteiger partial charge on any atom is 0.316 e. The molecule has 4 N–H and O–H groups in total. The molecule has 0 atom stereocenters. The van der Waals surface area contributed by atoms with Gasteiger partial charge in [-0.05, 0) is 61.7 Å².